The SMILES string of the molecule is Cc1ccc(C(=O)NCC(F)(F)F)cc1NC(=O)NCCCN(C)c1ccccc1. The van der Waals surface area contributed by atoms with Crippen LogP contribution in [0, 0.1) is 6.92 Å². The number of urea groups is 1. The minimum atomic E-state index is -4.49. The fraction of sp³-hybridized carbons (Fsp3) is 0.333. The Hall–Kier alpha value is -3.23. The summed E-state index contributed by atoms with van der Waals surface area (Å²) < 4.78 is 36.8. The zero-order chi connectivity index (χ0) is 22.1. The first-order chi connectivity index (χ1) is 14.2. The molecule has 0 aliphatic rings. The van der Waals surface area contributed by atoms with Gasteiger partial charge in [0.15, 0.2) is 0 Å². The van der Waals surface area contributed by atoms with Gasteiger partial charge in [0.1, 0.15) is 6.54 Å². The molecule has 162 valence electrons. The Bertz CT molecular complexity index is 857. The zero-order valence-electron chi connectivity index (χ0n) is 16.8. The van der Waals surface area contributed by atoms with Crippen molar-refractivity contribution in [3.63, 3.8) is 0 Å². The van der Waals surface area contributed by atoms with Crippen molar-refractivity contribution in [3.05, 3.63) is 59.7 Å². The van der Waals surface area contributed by atoms with Gasteiger partial charge < -0.3 is 20.9 Å². The third-order valence-corrected chi connectivity index (χ3v) is 4.35. The van der Waals surface area contributed by atoms with Gasteiger partial charge in [-0.15, -0.1) is 0 Å². The molecule has 2 rings (SSSR count). The molecule has 3 amide bonds. The molecule has 0 fully saturated rings. The smallest absolute Gasteiger partial charge is 0.375 e. The quantitative estimate of drug-likeness (QED) is 0.565. The number of hydrogen-bond acceptors (Lipinski definition) is 3. The maximum atomic E-state index is 12.3. The molecule has 0 saturated heterocycles. The van der Waals surface area contributed by atoms with Gasteiger partial charge in [-0.2, -0.15) is 13.2 Å². The molecule has 0 bridgehead atoms. The maximum Gasteiger partial charge on any atom is 0.405 e. The molecule has 2 aromatic rings. The van der Waals surface area contributed by atoms with E-state index in [2.05, 4.69) is 15.5 Å². The van der Waals surface area contributed by atoms with Gasteiger partial charge in [0.2, 0.25) is 0 Å². The van der Waals surface area contributed by atoms with E-state index in [0.717, 1.165) is 18.7 Å². The third-order valence-electron chi connectivity index (χ3n) is 4.35. The summed E-state index contributed by atoms with van der Waals surface area (Å²) in [6, 6.07) is 13.7. The molecule has 0 atom stereocenters. The number of hydrogen-bond donors (Lipinski definition) is 3. The van der Waals surface area contributed by atoms with Crippen LogP contribution in [0.3, 0.4) is 0 Å². The summed E-state index contributed by atoms with van der Waals surface area (Å²) in [6.45, 7) is 1.49. The van der Waals surface area contributed by atoms with Crippen molar-refractivity contribution < 1.29 is 22.8 Å². The highest BCUT2D eigenvalue weighted by Crippen LogP contribution is 2.18. The van der Waals surface area contributed by atoms with Crippen molar-refractivity contribution >= 4 is 23.3 Å². The van der Waals surface area contributed by atoms with Gasteiger partial charge >= 0.3 is 12.2 Å². The highest BCUT2D eigenvalue weighted by molar-refractivity contribution is 5.97. The molecule has 0 saturated carbocycles. The predicted molar refractivity (Wildman–Crippen MR) is 111 cm³/mol. The number of carbonyl (C=O) groups is 2. The molecule has 2 aromatic carbocycles. The van der Waals surface area contributed by atoms with Crippen molar-refractivity contribution in [1.29, 1.82) is 0 Å². The highest BCUT2D eigenvalue weighted by atomic mass is 19.4. The number of para-hydroxylation sites is 1. The number of amides is 3. The predicted octanol–water partition coefficient (Wildman–Crippen LogP) is 3.94. The minimum absolute atomic E-state index is 0.0321. The van der Waals surface area contributed by atoms with Gasteiger partial charge in [-0.25, -0.2) is 4.79 Å². The lowest BCUT2D eigenvalue weighted by Crippen LogP contribution is -2.34. The Labute approximate surface area is 173 Å². The summed E-state index contributed by atoms with van der Waals surface area (Å²) in [6.07, 6.45) is -3.77. The summed E-state index contributed by atoms with van der Waals surface area (Å²) in [5.74, 6) is -0.861. The average molecular weight is 422 g/mol. The standard InChI is InChI=1S/C21H25F3N4O2/c1-15-9-10-16(19(29)26-14-21(22,23)24)13-18(15)27-20(30)25-11-6-12-28(2)17-7-4-3-5-8-17/h3-5,7-10,13H,6,11-12,14H2,1-2H3,(H,26,29)(H2,25,27,30). The summed E-state index contributed by atoms with van der Waals surface area (Å²) >= 11 is 0. The number of rotatable bonds is 8. The van der Waals surface area contributed by atoms with Crippen molar-refractivity contribution in [2.75, 3.05) is 36.9 Å². The van der Waals surface area contributed by atoms with Crippen LogP contribution >= 0.6 is 0 Å². The van der Waals surface area contributed by atoms with Gasteiger partial charge in [0.05, 0.1) is 0 Å². The van der Waals surface area contributed by atoms with Crippen LogP contribution in [0.4, 0.5) is 29.3 Å². The number of halogens is 3. The summed E-state index contributed by atoms with van der Waals surface area (Å²) in [5, 5.41) is 7.17. The van der Waals surface area contributed by atoms with Crippen LogP contribution in [0.2, 0.25) is 0 Å². The topological polar surface area (TPSA) is 73.5 Å². The van der Waals surface area contributed by atoms with Crippen LogP contribution in [-0.4, -0.2) is 44.8 Å². The molecule has 30 heavy (non-hydrogen) atoms. The van der Waals surface area contributed by atoms with Crippen molar-refractivity contribution in [2.45, 2.75) is 19.5 Å². The number of anilines is 2. The van der Waals surface area contributed by atoms with Crippen LogP contribution in [-0.2, 0) is 0 Å². The van der Waals surface area contributed by atoms with Crippen LogP contribution in [0.1, 0.15) is 22.3 Å². The molecule has 3 N–H and O–H groups in total. The van der Waals surface area contributed by atoms with Gasteiger partial charge in [0, 0.05) is 37.1 Å². The molecule has 0 heterocycles. The number of nitrogens with zero attached hydrogens (tertiary/aromatic N) is 1. The maximum absolute atomic E-state index is 12.3. The molecule has 0 unspecified atom stereocenters. The Morgan fingerprint density at radius 2 is 1.73 bits per heavy atom. The van der Waals surface area contributed by atoms with Crippen LogP contribution in [0.25, 0.3) is 0 Å². The Morgan fingerprint density at radius 3 is 2.40 bits per heavy atom. The van der Waals surface area contributed by atoms with Crippen molar-refractivity contribution in [2.24, 2.45) is 0 Å². The van der Waals surface area contributed by atoms with E-state index < -0.39 is 24.7 Å². The Morgan fingerprint density at radius 1 is 1.03 bits per heavy atom. The van der Waals surface area contributed by atoms with E-state index in [9.17, 15) is 22.8 Å². The number of aryl methyl sites for hydroxylation is 1. The van der Waals surface area contributed by atoms with Crippen LogP contribution in [0.5, 0.6) is 0 Å². The fourth-order valence-electron chi connectivity index (χ4n) is 2.68. The fourth-order valence-corrected chi connectivity index (χ4v) is 2.68. The third kappa shape index (κ3) is 7.65. The van der Waals surface area contributed by atoms with Gasteiger partial charge in [-0.3, -0.25) is 4.79 Å². The largest absolute Gasteiger partial charge is 0.405 e. The summed E-state index contributed by atoms with van der Waals surface area (Å²) in [5.41, 5.74) is 2.15. The first-order valence-electron chi connectivity index (χ1n) is 9.42. The number of carbonyl (C=O) groups excluding carboxylic acids is 2. The van der Waals surface area contributed by atoms with E-state index in [-0.39, 0.29) is 5.56 Å². The van der Waals surface area contributed by atoms with E-state index in [4.69, 9.17) is 0 Å². The monoisotopic (exact) mass is 422 g/mol. The molecule has 0 aliphatic carbocycles. The molecule has 0 radical (unpaired) electrons. The molecule has 6 nitrogen and oxygen atoms in total. The molecule has 0 aromatic heterocycles. The lowest BCUT2D eigenvalue weighted by atomic mass is 10.1. The zero-order valence-corrected chi connectivity index (χ0v) is 16.8. The second-order valence-electron chi connectivity index (χ2n) is 6.82. The van der Waals surface area contributed by atoms with E-state index in [1.54, 1.807) is 13.0 Å². The van der Waals surface area contributed by atoms with E-state index in [1.807, 2.05) is 42.7 Å². The average Bonchev–Trinajstić information content (AvgIpc) is 2.71. The summed E-state index contributed by atoms with van der Waals surface area (Å²) in [7, 11) is 1.97. The first kappa shape index (κ1) is 23.1. The number of nitrogens with one attached hydrogen (secondary N) is 3. The number of benzene rings is 2. The van der Waals surface area contributed by atoms with Gasteiger partial charge in [0.25, 0.3) is 5.91 Å². The van der Waals surface area contributed by atoms with E-state index in [1.165, 1.54) is 12.1 Å². The Kier molecular flexibility index (Phi) is 8.08. The lowest BCUT2D eigenvalue weighted by molar-refractivity contribution is -0.123. The molecular formula is C21H25F3N4O2. The molecular weight excluding hydrogens is 397 g/mol. The lowest BCUT2D eigenvalue weighted by Gasteiger charge is -2.19. The summed E-state index contributed by atoms with van der Waals surface area (Å²) in [4.78, 5) is 26.1. The van der Waals surface area contributed by atoms with Crippen LogP contribution in [0.15, 0.2) is 48.5 Å². The van der Waals surface area contributed by atoms with Crippen molar-refractivity contribution in [1.82, 2.24) is 10.6 Å². The van der Waals surface area contributed by atoms with Crippen LogP contribution < -0.4 is 20.9 Å². The molecule has 0 aliphatic heterocycles. The van der Waals surface area contributed by atoms with E-state index in [0.29, 0.717) is 17.8 Å². The molecule has 9 heteroatoms. The number of alkyl halides is 3. The normalized spacial score (nSPS) is 11.0. The van der Waals surface area contributed by atoms with E-state index >= 15 is 0 Å². The highest BCUT2D eigenvalue weighted by Gasteiger charge is 2.28. The Balaban J connectivity index is 1.82. The second-order valence-corrected chi connectivity index (χ2v) is 6.82. The van der Waals surface area contributed by atoms with Gasteiger partial charge in [-0.1, -0.05) is 24.3 Å². The second kappa shape index (κ2) is 10.5. The minimum Gasteiger partial charge on any atom is -0.375 e. The van der Waals surface area contributed by atoms with Gasteiger partial charge in [-0.05, 0) is 43.2 Å². The first-order valence-corrected chi connectivity index (χ1v) is 9.42. The molecule has 0 spiro atoms. The van der Waals surface area contributed by atoms with Crippen molar-refractivity contribution in [3.8, 4) is 0 Å².